The van der Waals surface area contributed by atoms with Crippen LogP contribution in [-0.2, 0) is 17.3 Å². The van der Waals surface area contributed by atoms with Crippen LogP contribution in [0.5, 0.6) is 0 Å². The molecule has 1 atom stereocenters. The van der Waals surface area contributed by atoms with Crippen molar-refractivity contribution < 1.29 is 18.0 Å². The lowest BCUT2D eigenvalue weighted by atomic mass is 9.83. The van der Waals surface area contributed by atoms with E-state index in [2.05, 4.69) is 41.7 Å². The number of carbonyl (C=O) groups is 1. The topological polar surface area (TPSA) is 59.0 Å². The Morgan fingerprint density at radius 1 is 0.927 bits per heavy atom. The number of aromatic nitrogens is 2. The monoisotopic (exact) mass is 560 g/mol. The molecule has 0 saturated carbocycles. The van der Waals surface area contributed by atoms with Crippen LogP contribution in [0.25, 0.3) is 11.1 Å². The first-order chi connectivity index (χ1) is 19.5. The van der Waals surface area contributed by atoms with Gasteiger partial charge >= 0.3 is 6.18 Å². The van der Waals surface area contributed by atoms with Crippen molar-refractivity contribution in [2.24, 2.45) is 0 Å². The Hall–Kier alpha value is -4.07. The standard InChI is InChI=1S/C33H35F3N4O/c1-5-32(6-2,25-16-12-22(13-17-25)23-14-18-26(19-15-23)33(34,35)36)39-30(41)27-21-37-40-29(27)38-28(20-31(40,3)4)24-10-8-7-9-11-24/h7-19,21,28,38H,5-6,20H2,1-4H3,(H,39,41). The lowest BCUT2D eigenvalue weighted by Gasteiger charge is -2.38. The van der Waals surface area contributed by atoms with Crippen molar-refractivity contribution in [3.05, 3.63) is 107 Å². The fraction of sp³-hybridized carbons (Fsp3) is 0.333. The van der Waals surface area contributed by atoms with Crippen LogP contribution in [0.3, 0.4) is 0 Å². The fourth-order valence-electron chi connectivity index (χ4n) is 5.83. The molecule has 0 saturated heterocycles. The summed E-state index contributed by atoms with van der Waals surface area (Å²) in [5, 5.41) is 11.5. The van der Waals surface area contributed by atoms with Crippen molar-refractivity contribution in [2.75, 3.05) is 5.32 Å². The van der Waals surface area contributed by atoms with E-state index < -0.39 is 17.3 Å². The second kappa shape index (κ2) is 10.7. The van der Waals surface area contributed by atoms with E-state index in [1.807, 2.05) is 61.0 Å². The summed E-state index contributed by atoms with van der Waals surface area (Å²) in [4.78, 5) is 13.8. The van der Waals surface area contributed by atoms with Gasteiger partial charge in [-0.3, -0.25) is 4.79 Å². The van der Waals surface area contributed by atoms with Crippen LogP contribution in [0.4, 0.5) is 19.0 Å². The Morgan fingerprint density at radius 2 is 1.49 bits per heavy atom. The molecule has 5 nitrogen and oxygen atoms in total. The minimum absolute atomic E-state index is 0.0433. The highest BCUT2D eigenvalue weighted by molar-refractivity contribution is 5.99. The second-order valence-electron chi connectivity index (χ2n) is 11.3. The molecule has 1 aromatic heterocycles. The second-order valence-corrected chi connectivity index (χ2v) is 11.3. The Labute approximate surface area is 238 Å². The molecule has 1 aliphatic heterocycles. The van der Waals surface area contributed by atoms with Gasteiger partial charge in [0.15, 0.2) is 0 Å². The number of fused-ring (bicyclic) bond motifs is 1. The van der Waals surface area contributed by atoms with Crippen LogP contribution in [0.15, 0.2) is 85.1 Å². The predicted octanol–water partition coefficient (Wildman–Crippen LogP) is 8.31. The number of anilines is 1. The molecule has 3 aromatic carbocycles. The molecule has 41 heavy (non-hydrogen) atoms. The maximum atomic E-state index is 13.8. The molecule has 8 heteroatoms. The van der Waals surface area contributed by atoms with Crippen molar-refractivity contribution >= 4 is 11.7 Å². The quantitative estimate of drug-likeness (QED) is 0.239. The molecule has 214 valence electrons. The third kappa shape index (κ3) is 5.47. The summed E-state index contributed by atoms with van der Waals surface area (Å²) in [5.41, 5.74) is 2.48. The molecule has 2 N–H and O–H groups in total. The van der Waals surface area contributed by atoms with Gasteiger partial charge in [0.1, 0.15) is 11.4 Å². The Kier molecular flexibility index (Phi) is 7.45. The lowest BCUT2D eigenvalue weighted by Crippen LogP contribution is -2.45. The van der Waals surface area contributed by atoms with Gasteiger partial charge in [-0.15, -0.1) is 0 Å². The number of alkyl halides is 3. The summed E-state index contributed by atoms with van der Waals surface area (Å²) in [7, 11) is 0. The number of hydrogen-bond acceptors (Lipinski definition) is 3. The van der Waals surface area contributed by atoms with E-state index in [0.29, 0.717) is 29.8 Å². The maximum Gasteiger partial charge on any atom is 0.416 e. The molecule has 4 aromatic rings. The van der Waals surface area contributed by atoms with Crippen LogP contribution in [0.2, 0.25) is 0 Å². The van der Waals surface area contributed by atoms with E-state index in [-0.39, 0.29) is 17.5 Å². The zero-order valence-corrected chi connectivity index (χ0v) is 23.7. The van der Waals surface area contributed by atoms with E-state index in [0.717, 1.165) is 35.2 Å². The number of nitrogens with one attached hydrogen (secondary N) is 2. The summed E-state index contributed by atoms with van der Waals surface area (Å²) in [6, 6.07) is 23.1. The first kappa shape index (κ1) is 28.5. The van der Waals surface area contributed by atoms with Gasteiger partial charge in [0.25, 0.3) is 5.91 Å². The van der Waals surface area contributed by atoms with Gasteiger partial charge < -0.3 is 10.6 Å². The molecular weight excluding hydrogens is 525 g/mol. The van der Waals surface area contributed by atoms with Crippen molar-refractivity contribution in [3.63, 3.8) is 0 Å². The Bertz CT molecular complexity index is 1500. The summed E-state index contributed by atoms with van der Waals surface area (Å²) >= 11 is 0. The zero-order valence-electron chi connectivity index (χ0n) is 23.7. The van der Waals surface area contributed by atoms with Gasteiger partial charge in [0.2, 0.25) is 0 Å². The third-order valence-corrected chi connectivity index (χ3v) is 8.35. The van der Waals surface area contributed by atoms with Crippen LogP contribution in [-0.4, -0.2) is 15.7 Å². The molecule has 0 fully saturated rings. The van der Waals surface area contributed by atoms with Gasteiger partial charge in [-0.1, -0.05) is 80.6 Å². The summed E-state index contributed by atoms with van der Waals surface area (Å²) in [6.45, 7) is 8.33. The van der Waals surface area contributed by atoms with Gasteiger partial charge in [0, 0.05) is 0 Å². The fourth-order valence-corrected chi connectivity index (χ4v) is 5.83. The highest BCUT2D eigenvalue weighted by atomic mass is 19.4. The first-order valence-electron chi connectivity index (χ1n) is 14.0. The maximum absolute atomic E-state index is 13.8. The van der Waals surface area contributed by atoms with E-state index in [4.69, 9.17) is 0 Å². The molecule has 1 unspecified atom stereocenters. The number of rotatable bonds is 7. The number of benzene rings is 3. The number of halogens is 3. The van der Waals surface area contributed by atoms with Crippen molar-refractivity contribution in [1.29, 1.82) is 0 Å². The average Bonchev–Trinajstić information content (AvgIpc) is 3.41. The molecule has 1 amide bonds. The normalized spacial score (nSPS) is 16.5. The molecule has 0 radical (unpaired) electrons. The number of carbonyl (C=O) groups excluding carboxylic acids is 1. The van der Waals surface area contributed by atoms with Crippen LogP contribution < -0.4 is 10.6 Å². The van der Waals surface area contributed by atoms with Gasteiger partial charge in [-0.2, -0.15) is 18.3 Å². The largest absolute Gasteiger partial charge is 0.416 e. The molecule has 5 rings (SSSR count). The first-order valence-corrected chi connectivity index (χ1v) is 14.0. The Balaban J connectivity index is 1.40. The van der Waals surface area contributed by atoms with Crippen molar-refractivity contribution in [3.8, 4) is 11.1 Å². The zero-order chi connectivity index (χ0) is 29.4. The highest BCUT2D eigenvalue weighted by Crippen LogP contribution is 2.40. The minimum Gasteiger partial charge on any atom is -0.363 e. The molecular formula is C33H35F3N4O. The number of nitrogens with zero attached hydrogens (tertiary/aromatic N) is 2. The van der Waals surface area contributed by atoms with Crippen LogP contribution in [0.1, 0.15) is 80.0 Å². The molecule has 0 bridgehead atoms. The molecule has 0 spiro atoms. The highest BCUT2D eigenvalue weighted by Gasteiger charge is 2.38. The number of amides is 1. The van der Waals surface area contributed by atoms with Gasteiger partial charge in [0.05, 0.1) is 28.9 Å². The third-order valence-electron chi connectivity index (χ3n) is 8.35. The molecule has 2 heterocycles. The predicted molar refractivity (Wildman–Crippen MR) is 156 cm³/mol. The average molecular weight is 561 g/mol. The molecule has 0 aliphatic carbocycles. The number of hydrogen-bond donors (Lipinski definition) is 2. The smallest absolute Gasteiger partial charge is 0.363 e. The van der Waals surface area contributed by atoms with Crippen molar-refractivity contribution in [2.45, 2.75) is 70.3 Å². The van der Waals surface area contributed by atoms with E-state index in [1.165, 1.54) is 12.1 Å². The minimum atomic E-state index is -4.37. The summed E-state index contributed by atoms with van der Waals surface area (Å²) < 4.78 is 40.8. The van der Waals surface area contributed by atoms with Gasteiger partial charge in [-0.05, 0) is 67.5 Å². The van der Waals surface area contributed by atoms with Gasteiger partial charge in [-0.25, -0.2) is 4.68 Å². The van der Waals surface area contributed by atoms with E-state index >= 15 is 0 Å². The Morgan fingerprint density at radius 3 is 2.02 bits per heavy atom. The van der Waals surface area contributed by atoms with Crippen molar-refractivity contribution in [1.82, 2.24) is 15.1 Å². The SMILES string of the molecule is CCC(CC)(NC(=O)c1cnn2c1NC(c1ccccc1)CC2(C)C)c1ccc(-c2ccc(C(F)(F)F)cc2)cc1. The van der Waals surface area contributed by atoms with Crippen LogP contribution in [0, 0.1) is 0 Å². The van der Waals surface area contributed by atoms with Crippen LogP contribution >= 0.6 is 0 Å². The van der Waals surface area contributed by atoms with E-state index in [1.54, 1.807) is 6.20 Å². The summed E-state index contributed by atoms with van der Waals surface area (Å²) in [5.74, 6) is 0.491. The summed E-state index contributed by atoms with van der Waals surface area (Å²) in [6.07, 6.45) is -0.596. The lowest BCUT2D eigenvalue weighted by molar-refractivity contribution is -0.137. The molecule has 1 aliphatic rings. The van der Waals surface area contributed by atoms with E-state index in [9.17, 15) is 18.0 Å².